The molecular formula is C21H19N5OS. The molecular weight excluding hydrogens is 370 g/mol. The summed E-state index contributed by atoms with van der Waals surface area (Å²) >= 11 is 1.53. The van der Waals surface area contributed by atoms with E-state index >= 15 is 0 Å². The quantitative estimate of drug-likeness (QED) is 0.497. The summed E-state index contributed by atoms with van der Waals surface area (Å²) in [6.45, 7) is 2.80. The smallest absolute Gasteiger partial charge is 0.247 e. The first-order chi connectivity index (χ1) is 13.7. The summed E-state index contributed by atoms with van der Waals surface area (Å²) in [6.07, 6.45) is 2.71. The molecule has 1 atom stereocenters. The normalized spacial score (nSPS) is 16.1. The number of carbonyl (C=O) groups is 1. The lowest BCUT2D eigenvalue weighted by Gasteiger charge is -2.23. The van der Waals surface area contributed by atoms with Crippen molar-refractivity contribution in [2.24, 2.45) is 0 Å². The molecule has 0 fully saturated rings. The Labute approximate surface area is 166 Å². The number of amides is 1. The van der Waals surface area contributed by atoms with Crippen molar-refractivity contribution in [2.75, 3.05) is 11.9 Å². The molecule has 0 bridgehead atoms. The summed E-state index contributed by atoms with van der Waals surface area (Å²) in [7, 11) is 0. The highest BCUT2D eigenvalue weighted by molar-refractivity contribution is 7.10. The Morgan fingerprint density at radius 1 is 1.21 bits per heavy atom. The molecule has 0 spiro atoms. The van der Waals surface area contributed by atoms with Crippen LogP contribution in [0, 0.1) is 6.92 Å². The first kappa shape index (κ1) is 17.1. The van der Waals surface area contributed by atoms with Gasteiger partial charge < -0.3 is 10.6 Å². The number of rotatable bonds is 3. The first-order valence-electron chi connectivity index (χ1n) is 9.21. The van der Waals surface area contributed by atoms with E-state index in [1.54, 1.807) is 0 Å². The first-order valence-corrected chi connectivity index (χ1v) is 10.1. The van der Waals surface area contributed by atoms with E-state index in [0.717, 1.165) is 56.8 Å². The standard InChI is InChI=1S/C21H19N5OS/c1-12-13(14-5-3-7-17-15(14)10-24-26-17)4-2-6-16(12)25-21(27)19-20-18(8-9-22-19)23-11-28-20/h2-7,10-11,19,22H,8-9H2,1H3,(H,24,26)(H,25,27). The van der Waals surface area contributed by atoms with Crippen molar-refractivity contribution < 1.29 is 4.79 Å². The van der Waals surface area contributed by atoms with E-state index in [1.807, 2.05) is 42.9 Å². The lowest BCUT2D eigenvalue weighted by atomic mass is 9.96. The SMILES string of the molecule is Cc1c(NC(=O)C2NCCc3ncsc32)cccc1-c1cccc2[nH]ncc12. The fraction of sp³-hybridized carbons (Fsp3) is 0.190. The minimum absolute atomic E-state index is 0.0491. The average molecular weight is 389 g/mol. The van der Waals surface area contributed by atoms with Crippen molar-refractivity contribution in [3.63, 3.8) is 0 Å². The third-order valence-corrected chi connectivity index (χ3v) is 6.21. The second kappa shape index (κ2) is 6.85. The van der Waals surface area contributed by atoms with Gasteiger partial charge >= 0.3 is 0 Å². The Bertz CT molecular complexity index is 1180. The van der Waals surface area contributed by atoms with E-state index in [-0.39, 0.29) is 11.9 Å². The molecule has 4 aromatic rings. The van der Waals surface area contributed by atoms with Gasteiger partial charge in [-0.3, -0.25) is 9.89 Å². The van der Waals surface area contributed by atoms with Crippen LogP contribution < -0.4 is 10.6 Å². The maximum absolute atomic E-state index is 13.0. The van der Waals surface area contributed by atoms with Gasteiger partial charge in [-0.25, -0.2) is 4.98 Å². The molecule has 140 valence electrons. The molecule has 2 aromatic heterocycles. The highest BCUT2D eigenvalue weighted by Crippen LogP contribution is 2.34. The van der Waals surface area contributed by atoms with Crippen LogP contribution in [0.15, 0.2) is 48.1 Å². The zero-order chi connectivity index (χ0) is 19.1. The predicted molar refractivity (Wildman–Crippen MR) is 111 cm³/mol. The topological polar surface area (TPSA) is 82.7 Å². The predicted octanol–water partition coefficient (Wildman–Crippen LogP) is 3.82. The van der Waals surface area contributed by atoms with Gasteiger partial charge in [0.1, 0.15) is 6.04 Å². The number of nitrogens with one attached hydrogen (secondary N) is 3. The maximum Gasteiger partial charge on any atom is 0.247 e. The van der Waals surface area contributed by atoms with Crippen LogP contribution in [0.2, 0.25) is 0 Å². The number of hydrogen-bond donors (Lipinski definition) is 3. The van der Waals surface area contributed by atoms with Crippen LogP contribution in [0.3, 0.4) is 0 Å². The molecule has 1 aliphatic rings. The number of aromatic nitrogens is 3. The molecule has 2 aromatic carbocycles. The number of benzene rings is 2. The summed E-state index contributed by atoms with van der Waals surface area (Å²) in [6, 6.07) is 11.7. The molecule has 0 aliphatic carbocycles. The Hall–Kier alpha value is -3.03. The van der Waals surface area contributed by atoms with Crippen molar-refractivity contribution >= 4 is 33.8 Å². The van der Waals surface area contributed by atoms with Crippen LogP contribution >= 0.6 is 11.3 Å². The molecule has 3 heterocycles. The third-order valence-electron chi connectivity index (χ3n) is 5.27. The van der Waals surface area contributed by atoms with Crippen LogP contribution in [0.4, 0.5) is 5.69 Å². The fourth-order valence-electron chi connectivity index (χ4n) is 3.81. The Balaban J connectivity index is 1.49. The lowest BCUT2D eigenvalue weighted by molar-refractivity contribution is -0.118. The van der Waals surface area contributed by atoms with Crippen molar-refractivity contribution in [3.8, 4) is 11.1 Å². The van der Waals surface area contributed by atoms with E-state index in [1.165, 1.54) is 11.3 Å². The minimum atomic E-state index is -0.350. The zero-order valence-corrected chi connectivity index (χ0v) is 16.1. The molecule has 1 aliphatic heterocycles. The van der Waals surface area contributed by atoms with Gasteiger partial charge in [-0.1, -0.05) is 24.3 Å². The van der Waals surface area contributed by atoms with Gasteiger partial charge in [0.25, 0.3) is 0 Å². The third kappa shape index (κ3) is 2.80. The summed E-state index contributed by atoms with van der Waals surface area (Å²) in [5, 5.41) is 14.7. The van der Waals surface area contributed by atoms with E-state index in [4.69, 9.17) is 0 Å². The average Bonchev–Trinajstić information content (AvgIpc) is 3.38. The molecule has 1 amide bonds. The van der Waals surface area contributed by atoms with E-state index in [2.05, 4.69) is 37.9 Å². The van der Waals surface area contributed by atoms with Gasteiger partial charge in [-0.15, -0.1) is 11.3 Å². The molecule has 0 saturated heterocycles. The highest BCUT2D eigenvalue weighted by atomic mass is 32.1. The molecule has 0 radical (unpaired) electrons. The molecule has 28 heavy (non-hydrogen) atoms. The summed E-state index contributed by atoms with van der Waals surface area (Å²) in [4.78, 5) is 18.4. The molecule has 6 nitrogen and oxygen atoms in total. The number of thiazole rings is 1. The van der Waals surface area contributed by atoms with Gasteiger partial charge in [0.15, 0.2) is 0 Å². The van der Waals surface area contributed by atoms with Gasteiger partial charge in [0.05, 0.1) is 27.8 Å². The fourth-order valence-corrected chi connectivity index (χ4v) is 4.72. The molecule has 7 heteroatoms. The van der Waals surface area contributed by atoms with Gasteiger partial charge in [0.2, 0.25) is 5.91 Å². The van der Waals surface area contributed by atoms with E-state index in [0.29, 0.717) is 0 Å². The van der Waals surface area contributed by atoms with E-state index in [9.17, 15) is 4.79 Å². The number of H-pyrrole nitrogens is 1. The number of nitrogens with zero attached hydrogens (tertiary/aromatic N) is 2. The summed E-state index contributed by atoms with van der Waals surface area (Å²) < 4.78 is 0. The summed E-state index contributed by atoms with van der Waals surface area (Å²) in [5.74, 6) is -0.0491. The van der Waals surface area contributed by atoms with Crippen LogP contribution in [0.5, 0.6) is 0 Å². The highest BCUT2D eigenvalue weighted by Gasteiger charge is 2.28. The Morgan fingerprint density at radius 2 is 2.07 bits per heavy atom. The van der Waals surface area contributed by atoms with Crippen LogP contribution in [-0.4, -0.2) is 27.6 Å². The zero-order valence-electron chi connectivity index (χ0n) is 15.3. The minimum Gasteiger partial charge on any atom is -0.324 e. The summed E-state index contributed by atoms with van der Waals surface area (Å²) in [5.41, 5.74) is 7.87. The molecule has 3 N–H and O–H groups in total. The van der Waals surface area contributed by atoms with Crippen molar-refractivity contribution in [3.05, 3.63) is 64.2 Å². The van der Waals surface area contributed by atoms with Crippen molar-refractivity contribution in [1.29, 1.82) is 0 Å². The largest absolute Gasteiger partial charge is 0.324 e. The van der Waals surface area contributed by atoms with Gasteiger partial charge in [0, 0.05) is 24.0 Å². The van der Waals surface area contributed by atoms with Gasteiger partial charge in [-0.2, -0.15) is 5.10 Å². The lowest BCUT2D eigenvalue weighted by Crippen LogP contribution is -2.37. The molecule has 0 saturated carbocycles. The second-order valence-corrected chi connectivity index (χ2v) is 7.79. The Kier molecular flexibility index (Phi) is 4.18. The maximum atomic E-state index is 13.0. The number of carbonyl (C=O) groups excluding carboxylic acids is 1. The number of hydrogen-bond acceptors (Lipinski definition) is 5. The molecule has 1 unspecified atom stereocenters. The number of anilines is 1. The van der Waals surface area contributed by atoms with E-state index < -0.39 is 0 Å². The second-order valence-electron chi connectivity index (χ2n) is 6.90. The Morgan fingerprint density at radius 3 is 3.00 bits per heavy atom. The van der Waals surface area contributed by atoms with Crippen LogP contribution in [0.25, 0.3) is 22.0 Å². The van der Waals surface area contributed by atoms with Crippen molar-refractivity contribution in [1.82, 2.24) is 20.5 Å². The number of fused-ring (bicyclic) bond motifs is 2. The monoisotopic (exact) mass is 389 g/mol. The van der Waals surface area contributed by atoms with Crippen LogP contribution in [0.1, 0.15) is 22.2 Å². The van der Waals surface area contributed by atoms with Gasteiger partial charge in [-0.05, 0) is 35.7 Å². The van der Waals surface area contributed by atoms with Crippen molar-refractivity contribution in [2.45, 2.75) is 19.4 Å². The molecule has 5 rings (SSSR count). The number of aromatic amines is 1. The van der Waals surface area contributed by atoms with Crippen LogP contribution in [-0.2, 0) is 11.2 Å².